The Bertz CT molecular complexity index is 1360. The second-order valence-corrected chi connectivity index (χ2v) is 8.37. The first-order valence-electron chi connectivity index (χ1n) is 11.1. The molecule has 0 unspecified atom stereocenters. The summed E-state index contributed by atoms with van der Waals surface area (Å²) in [6.45, 7) is 1.77. The molecule has 2 N–H and O–H groups in total. The van der Waals surface area contributed by atoms with Crippen LogP contribution in [0, 0.1) is 12.7 Å². The van der Waals surface area contributed by atoms with Gasteiger partial charge in [-0.1, -0.05) is 24.3 Å². The molecular formula is C26H25FN4O4. The van der Waals surface area contributed by atoms with E-state index in [0.717, 1.165) is 16.7 Å². The quantitative estimate of drug-likeness (QED) is 0.546. The summed E-state index contributed by atoms with van der Waals surface area (Å²) in [7, 11) is 1.56. The first-order chi connectivity index (χ1) is 16.8. The maximum atomic E-state index is 13.4. The van der Waals surface area contributed by atoms with Crippen LogP contribution in [0.25, 0.3) is 11.3 Å². The molecule has 0 aliphatic carbocycles. The van der Waals surface area contributed by atoms with Crippen LogP contribution in [-0.4, -0.2) is 45.3 Å². The van der Waals surface area contributed by atoms with Gasteiger partial charge in [0.05, 0.1) is 24.9 Å². The third kappa shape index (κ3) is 5.20. The molecule has 0 spiro atoms. The van der Waals surface area contributed by atoms with Crippen molar-refractivity contribution in [3.05, 3.63) is 99.2 Å². The largest absolute Gasteiger partial charge is 0.394 e. The molecule has 0 saturated carbocycles. The molecule has 35 heavy (non-hydrogen) atoms. The fraction of sp³-hybridized carbons (Fsp3) is 0.231. The van der Waals surface area contributed by atoms with E-state index in [1.54, 1.807) is 25.2 Å². The number of halogens is 1. The molecule has 4 rings (SSSR count). The molecule has 9 heteroatoms. The molecule has 2 amide bonds. The fourth-order valence-corrected chi connectivity index (χ4v) is 3.95. The number of aryl methyl sites for hydroxylation is 1. The lowest BCUT2D eigenvalue weighted by molar-refractivity contribution is -0.115. The molecule has 1 aliphatic heterocycles. The van der Waals surface area contributed by atoms with Crippen LogP contribution in [0.5, 0.6) is 0 Å². The minimum atomic E-state index is -0.695. The van der Waals surface area contributed by atoms with Gasteiger partial charge in [0, 0.05) is 36.9 Å². The van der Waals surface area contributed by atoms with Gasteiger partial charge in [0.25, 0.3) is 5.56 Å². The van der Waals surface area contributed by atoms with E-state index in [1.807, 2.05) is 25.1 Å². The molecule has 2 heterocycles. The third-order valence-electron chi connectivity index (χ3n) is 5.93. The van der Waals surface area contributed by atoms with Crippen LogP contribution >= 0.6 is 0 Å². The number of ketones is 1. The van der Waals surface area contributed by atoms with Gasteiger partial charge in [-0.3, -0.25) is 9.59 Å². The monoisotopic (exact) mass is 476 g/mol. The Balaban J connectivity index is 1.65. The van der Waals surface area contributed by atoms with Crippen molar-refractivity contribution < 1.29 is 19.1 Å². The van der Waals surface area contributed by atoms with Crippen molar-refractivity contribution in [2.75, 3.05) is 13.7 Å². The lowest BCUT2D eigenvalue weighted by Crippen LogP contribution is -2.43. The molecule has 1 aromatic heterocycles. The van der Waals surface area contributed by atoms with Crippen LogP contribution in [0.1, 0.15) is 22.7 Å². The summed E-state index contributed by atoms with van der Waals surface area (Å²) in [5.74, 6) is -0.596. The van der Waals surface area contributed by atoms with E-state index in [0.29, 0.717) is 16.8 Å². The highest BCUT2D eigenvalue weighted by Gasteiger charge is 2.30. The number of benzene rings is 2. The number of aromatic nitrogens is 2. The molecule has 1 atom stereocenters. The molecule has 0 radical (unpaired) electrons. The summed E-state index contributed by atoms with van der Waals surface area (Å²) >= 11 is 0. The molecule has 8 nitrogen and oxygen atoms in total. The Hall–Kier alpha value is -4.11. The topological polar surface area (TPSA) is 105 Å². The second kappa shape index (κ2) is 10.0. The molecule has 180 valence electrons. The number of nitrogens with one attached hydrogen (secondary N) is 1. The summed E-state index contributed by atoms with van der Waals surface area (Å²) in [5.41, 5.74) is 3.62. The van der Waals surface area contributed by atoms with Gasteiger partial charge in [-0.05, 0) is 47.9 Å². The number of aliphatic hydroxyl groups excluding tert-OH is 1. The highest BCUT2D eigenvalue weighted by Crippen LogP contribution is 2.29. The van der Waals surface area contributed by atoms with Gasteiger partial charge < -0.3 is 15.3 Å². The summed E-state index contributed by atoms with van der Waals surface area (Å²) in [5, 5.41) is 16.3. The van der Waals surface area contributed by atoms with Crippen molar-refractivity contribution in [3.8, 4) is 11.3 Å². The number of Topliss-reactive ketones (excluding diaryl/α,β-unsaturated/α-hetero) is 1. The van der Waals surface area contributed by atoms with Crippen molar-refractivity contribution in [2.24, 2.45) is 0 Å². The van der Waals surface area contributed by atoms with Gasteiger partial charge in [-0.15, -0.1) is 0 Å². The van der Waals surface area contributed by atoms with E-state index in [1.165, 1.54) is 34.0 Å². The molecule has 0 fully saturated rings. The Labute approximate surface area is 201 Å². The maximum absolute atomic E-state index is 13.4. The Morgan fingerprint density at radius 3 is 2.57 bits per heavy atom. The molecule has 1 aliphatic rings. The Kier molecular flexibility index (Phi) is 6.88. The van der Waals surface area contributed by atoms with Crippen LogP contribution in [0.2, 0.25) is 0 Å². The van der Waals surface area contributed by atoms with Crippen LogP contribution in [0.3, 0.4) is 0 Å². The Morgan fingerprint density at radius 1 is 1.11 bits per heavy atom. The van der Waals surface area contributed by atoms with Gasteiger partial charge in [0.1, 0.15) is 5.82 Å². The van der Waals surface area contributed by atoms with Crippen molar-refractivity contribution in [2.45, 2.75) is 25.9 Å². The van der Waals surface area contributed by atoms with E-state index >= 15 is 0 Å². The molecule has 0 saturated heterocycles. The standard InChI is InChI=1S/C26H25FN4O4/c1-16-3-4-18(22-9-10-24(34)31(29-22)11-12-32)13-19(16)14-23(33)21-15-30(2)26(35)28-25(21)17-5-7-20(27)8-6-17/h3-10,13,15,25,32H,11-12,14H2,1-2H3,(H,28,35)/t25-/m0/s1. The Morgan fingerprint density at radius 2 is 1.86 bits per heavy atom. The summed E-state index contributed by atoms with van der Waals surface area (Å²) in [4.78, 5) is 39.0. The zero-order valence-corrected chi connectivity index (χ0v) is 19.4. The number of hydrogen-bond donors (Lipinski definition) is 2. The molecule has 2 aromatic carbocycles. The van der Waals surface area contributed by atoms with Gasteiger partial charge in [0.2, 0.25) is 0 Å². The number of rotatable bonds is 7. The van der Waals surface area contributed by atoms with Crippen LogP contribution in [-0.2, 0) is 17.8 Å². The predicted octanol–water partition coefficient (Wildman–Crippen LogP) is 2.74. The van der Waals surface area contributed by atoms with Crippen molar-refractivity contribution >= 4 is 11.8 Å². The minimum absolute atomic E-state index is 0.0726. The highest BCUT2D eigenvalue weighted by molar-refractivity contribution is 6.00. The van der Waals surface area contributed by atoms with E-state index in [9.17, 15) is 23.9 Å². The number of aliphatic hydroxyl groups is 1. The van der Waals surface area contributed by atoms with Crippen molar-refractivity contribution in [1.29, 1.82) is 0 Å². The van der Waals surface area contributed by atoms with E-state index < -0.39 is 11.9 Å². The number of carbonyl (C=O) groups is 2. The average molecular weight is 477 g/mol. The number of hydrogen-bond acceptors (Lipinski definition) is 5. The van der Waals surface area contributed by atoms with E-state index in [2.05, 4.69) is 10.4 Å². The first kappa shape index (κ1) is 24.0. The average Bonchev–Trinajstić information content (AvgIpc) is 2.84. The lowest BCUT2D eigenvalue weighted by Gasteiger charge is -2.30. The SMILES string of the molecule is Cc1ccc(-c2ccc(=O)n(CCO)n2)cc1CC(=O)C1=CN(C)C(=O)N[C@H]1c1ccc(F)cc1. The van der Waals surface area contributed by atoms with Crippen LogP contribution in [0.15, 0.2) is 71.2 Å². The smallest absolute Gasteiger partial charge is 0.321 e. The molecular weight excluding hydrogens is 451 g/mol. The van der Waals surface area contributed by atoms with Gasteiger partial charge in [0.15, 0.2) is 5.78 Å². The second-order valence-electron chi connectivity index (χ2n) is 8.37. The number of carbonyl (C=O) groups excluding carboxylic acids is 2. The van der Waals surface area contributed by atoms with E-state index in [-0.39, 0.29) is 36.9 Å². The third-order valence-corrected chi connectivity index (χ3v) is 5.93. The summed E-state index contributed by atoms with van der Waals surface area (Å²) in [6.07, 6.45) is 1.59. The normalized spacial score (nSPS) is 15.5. The number of amides is 2. The van der Waals surface area contributed by atoms with Gasteiger partial charge in [-0.25, -0.2) is 13.9 Å². The predicted molar refractivity (Wildman–Crippen MR) is 128 cm³/mol. The van der Waals surface area contributed by atoms with Gasteiger partial charge in [-0.2, -0.15) is 5.10 Å². The van der Waals surface area contributed by atoms with Crippen molar-refractivity contribution in [3.63, 3.8) is 0 Å². The zero-order valence-electron chi connectivity index (χ0n) is 19.4. The lowest BCUT2D eigenvalue weighted by atomic mass is 9.90. The maximum Gasteiger partial charge on any atom is 0.321 e. The zero-order chi connectivity index (χ0) is 25.1. The number of urea groups is 1. The molecule has 0 bridgehead atoms. The summed E-state index contributed by atoms with van der Waals surface area (Å²) < 4.78 is 14.6. The van der Waals surface area contributed by atoms with E-state index in [4.69, 9.17) is 0 Å². The van der Waals surface area contributed by atoms with Crippen LogP contribution < -0.4 is 10.9 Å². The van der Waals surface area contributed by atoms with Gasteiger partial charge >= 0.3 is 6.03 Å². The highest BCUT2D eigenvalue weighted by atomic mass is 19.1. The summed E-state index contributed by atoms with van der Waals surface area (Å²) in [6, 6.07) is 13.2. The molecule has 3 aromatic rings. The fourth-order valence-electron chi connectivity index (χ4n) is 3.95. The van der Waals surface area contributed by atoms with Crippen molar-refractivity contribution in [1.82, 2.24) is 20.0 Å². The number of nitrogens with zero attached hydrogens (tertiary/aromatic N) is 3. The van der Waals surface area contributed by atoms with Crippen LogP contribution in [0.4, 0.5) is 9.18 Å². The first-order valence-corrected chi connectivity index (χ1v) is 11.1. The minimum Gasteiger partial charge on any atom is -0.394 e.